The largest absolute Gasteiger partial charge is 0.452 e. The van der Waals surface area contributed by atoms with Crippen LogP contribution in [0.25, 0.3) is 22.2 Å². The number of carbonyl (C=O) groups excluding carboxylic acids is 2. The van der Waals surface area contributed by atoms with Crippen LogP contribution in [0, 0.1) is 0 Å². The molecule has 1 amide bonds. The first kappa shape index (κ1) is 21.8. The Bertz CT molecular complexity index is 1310. The van der Waals surface area contributed by atoms with Crippen LogP contribution in [-0.2, 0) is 16.1 Å². The first-order chi connectivity index (χ1) is 15.5. The van der Waals surface area contributed by atoms with Crippen molar-refractivity contribution >= 4 is 46.0 Å². The Morgan fingerprint density at radius 2 is 1.69 bits per heavy atom. The summed E-state index contributed by atoms with van der Waals surface area (Å²) in [6.07, 6.45) is 0. The summed E-state index contributed by atoms with van der Waals surface area (Å²) in [5, 5.41) is 4.45. The van der Waals surface area contributed by atoms with E-state index in [-0.39, 0.29) is 6.54 Å². The number of pyridine rings is 1. The molecule has 0 aliphatic heterocycles. The molecule has 0 spiro atoms. The number of amides is 1. The van der Waals surface area contributed by atoms with Crippen LogP contribution in [0.3, 0.4) is 0 Å². The fraction of sp³-hybridized carbons (Fsp3) is 0.0800. The van der Waals surface area contributed by atoms with Crippen molar-refractivity contribution in [1.29, 1.82) is 0 Å². The highest BCUT2D eigenvalue weighted by atomic mass is 35.5. The lowest BCUT2D eigenvalue weighted by Gasteiger charge is -2.11. The predicted octanol–water partition coefficient (Wildman–Crippen LogP) is 5.68. The Morgan fingerprint density at radius 1 is 0.906 bits per heavy atom. The molecule has 0 unspecified atom stereocenters. The second kappa shape index (κ2) is 9.81. The third-order valence-corrected chi connectivity index (χ3v) is 5.36. The van der Waals surface area contributed by atoms with Gasteiger partial charge < -0.3 is 10.1 Å². The van der Waals surface area contributed by atoms with E-state index < -0.39 is 18.5 Å². The number of nitrogens with one attached hydrogen (secondary N) is 1. The van der Waals surface area contributed by atoms with Gasteiger partial charge in [0.15, 0.2) is 6.61 Å². The van der Waals surface area contributed by atoms with Gasteiger partial charge in [-0.2, -0.15) is 0 Å². The van der Waals surface area contributed by atoms with Crippen LogP contribution in [0.4, 0.5) is 0 Å². The normalized spacial score (nSPS) is 10.7. The molecule has 0 fully saturated rings. The molecular weight excluding hydrogens is 447 g/mol. The molecule has 0 atom stereocenters. The summed E-state index contributed by atoms with van der Waals surface area (Å²) < 4.78 is 5.29. The van der Waals surface area contributed by atoms with Crippen molar-refractivity contribution in [2.24, 2.45) is 0 Å². The van der Waals surface area contributed by atoms with Crippen molar-refractivity contribution < 1.29 is 14.3 Å². The number of hydrogen-bond acceptors (Lipinski definition) is 4. The quantitative estimate of drug-likeness (QED) is 0.372. The molecule has 5 nitrogen and oxygen atoms in total. The Kier molecular flexibility index (Phi) is 6.69. The van der Waals surface area contributed by atoms with Gasteiger partial charge in [-0.3, -0.25) is 4.79 Å². The van der Waals surface area contributed by atoms with Gasteiger partial charge in [0.25, 0.3) is 5.91 Å². The fourth-order valence-electron chi connectivity index (χ4n) is 3.26. The Morgan fingerprint density at radius 3 is 2.50 bits per heavy atom. The number of aromatic nitrogens is 1. The maximum absolute atomic E-state index is 12.9. The number of halogens is 2. The van der Waals surface area contributed by atoms with Gasteiger partial charge >= 0.3 is 5.97 Å². The van der Waals surface area contributed by atoms with Crippen LogP contribution in [0.15, 0.2) is 78.9 Å². The molecule has 3 aromatic carbocycles. The Hall–Kier alpha value is -3.41. The van der Waals surface area contributed by atoms with Gasteiger partial charge in [0.05, 0.1) is 16.8 Å². The van der Waals surface area contributed by atoms with Crippen LogP contribution < -0.4 is 5.32 Å². The average Bonchev–Trinajstić information content (AvgIpc) is 2.81. The molecule has 32 heavy (non-hydrogen) atoms. The number of nitrogens with zero attached hydrogens (tertiary/aromatic N) is 1. The summed E-state index contributed by atoms with van der Waals surface area (Å²) in [5.74, 6) is -1.03. The molecule has 0 saturated heterocycles. The van der Waals surface area contributed by atoms with E-state index in [0.717, 1.165) is 5.56 Å². The number of rotatable bonds is 6. The first-order valence-corrected chi connectivity index (χ1v) is 10.6. The highest BCUT2D eigenvalue weighted by Gasteiger charge is 2.17. The fourth-order valence-corrected chi connectivity index (χ4v) is 3.70. The maximum Gasteiger partial charge on any atom is 0.339 e. The lowest BCUT2D eigenvalue weighted by atomic mass is 10.0. The Labute approximate surface area is 194 Å². The molecule has 4 rings (SSSR count). The van der Waals surface area contributed by atoms with Crippen LogP contribution >= 0.6 is 23.2 Å². The molecule has 1 aromatic heterocycles. The summed E-state index contributed by atoms with van der Waals surface area (Å²) >= 11 is 12.3. The minimum atomic E-state index is -0.616. The van der Waals surface area contributed by atoms with Gasteiger partial charge in [-0.15, -0.1) is 0 Å². The third kappa shape index (κ3) is 5.07. The summed E-state index contributed by atoms with van der Waals surface area (Å²) in [6.45, 7) is -0.122. The molecule has 0 aliphatic carbocycles. The molecular formula is C25H18Cl2N2O3. The molecule has 4 aromatic rings. The van der Waals surface area contributed by atoms with Crippen molar-refractivity contribution in [3.63, 3.8) is 0 Å². The lowest BCUT2D eigenvalue weighted by Crippen LogP contribution is -2.28. The van der Waals surface area contributed by atoms with E-state index in [2.05, 4.69) is 10.3 Å². The van der Waals surface area contributed by atoms with Crippen molar-refractivity contribution in [2.75, 3.05) is 6.61 Å². The standard InChI is InChI=1S/C25H18Cl2N2O3/c26-17-7-5-6-16(12-17)14-28-24(30)15-32-25(31)20-13-23(19-9-1-3-10-21(19)27)29-22-11-4-2-8-18(20)22/h1-13H,14-15H2,(H,28,30). The van der Waals surface area contributed by atoms with E-state index in [4.69, 9.17) is 27.9 Å². The zero-order chi connectivity index (χ0) is 22.5. The molecule has 0 saturated carbocycles. The number of hydrogen-bond donors (Lipinski definition) is 1. The number of carbonyl (C=O) groups is 2. The van der Waals surface area contributed by atoms with Crippen molar-refractivity contribution in [1.82, 2.24) is 10.3 Å². The van der Waals surface area contributed by atoms with E-state index in [9.17, 15) is 9.59 Å². The summed E-state index contributed by atoms with van der Waals surface area (Å²) in [5.41, 5.74) is 3.04. The van der Waals surface area contributed by atoms with Crippen LogP contribution in [0.5, 0.6) is 0 Å². The van der Waals surface area contributed by atoms with Crippen molar-refractivity contribution in [3.8, 4) is 11.3 Å². The van der Waals surface area contributed by atoms with Gasteiger partial charge in [-0.05, 0) is 35.9 Å². The molecule has 0 bridgehead atoms. The van der Waals surface area contributed by atoms with Crippen LogP contribution in [0.2, 0.25) is 10.0 Å². The molecule has 1 N–H and O–H groups in total. The molecule has 0 aliphatic rings. The molecule has 1 heterocycles. The van der Waals surface area contributed by atoms with Gasteiger partial charge in [-0.25, -0.2) is 9.78 Å². The Balaban J connectivity index is 1.51. The number of fused-ring (bicyclic) bond motifs is 1. The highest BCUT2D eigenvalue weighted by Crippen LogP contribution is 2.30. The second-order valence-corrected chi connectivity index (χ2v) is 7.88. The van der Waals surface area contributed by atoms with E-state index in [0.29, 0.717) is 37.8 Å². The lowest BCUT2D eigenvalue weighted by molar-refractivity contribution is -0.124. The third-order valence-electron chi connectivity index (χ3n) is 4.80. The van der Waals surface area contributed by atoms with Crippen LogP contribution in [0.1, 0.15) is 15.9 Å². The minimum Gasteiger partial charge on any atom is -0.452 e. The van der Waals surface area contributed by atoms with Gasteiger partial charge in [0.1, 0.15) is 0 Å². The topological polar surface area (TPSA) is 68.3 Å². The zero-order valence-electron chi connectivity index (χ0n) is 16.8. The van der Waals surface area contributed by atoms with Crippen LogP contribution in [-0.4, -0.2) is 23.5 Å². The first-order valence-electron chi connectivity index (χ1n) is 9.84. The highest BCUT2D eigenvalue weighted by molar-refractivity contribution is 6.33. The maximum atomic E-state index is 12.9. The monoisotopic (exact) mass is 464 g/mol. The summed E-state index contributed by atoms with van der Waals surface area (Å²) in [7, 11) is 0. The number of benzene rings is 3. The SMILES string of the molecule is O=C(COC(=O)c1cc(-c2ccccc2Cl)nc2ccccc12)NCc1cccc(Cl)c1. The molecule has 7 heteroatoms. The second-order valence-electron chi connectivity index (χ2n) is 7.03. The smallest absolute Gasteiger partial charge is 0.339 e. The average molecular weight is 465 g/mol. The van der Waals surface area contributed by atoms with Gasteiger partial charge in [-0.1, -0.05) is 71.7 Å². The minimum absolute atomic E-state index is 0.284. The van der Waals surface area contributed by atoms with Gasteiger partial charge in [0, 0.05) is 27.5 Å². The number of para-hydroxylation sites is 1. The number of esters is 1. The molecule has 160 valence electrons. The van der Waals surface area contributed by atoms with E-state index >= 15 is 0 Å². The zero-order valence-corrected chi connectivity index (χ0v) is 18.4. The van der Waals surface area contributed by atoms with Gasteiger partial charge in [0.2, 0.25) is 0 Å². The molecule has 0 radical (unpaired) electrons. The van der Waals surface area contributed by atoms with E-state index in [1.807, 2.05) is 42.5 Å². The summed E-state index contributed by atoms with van der Waals surface area (Å²) in [6, 6.07) is 23.3. The van der Waals surface area contributed by atoms with Crippen molar-refractivity contribution in [2.45, 2.75) is 6.54 Å². The van der Waals surface area contributed by atoms with E-state index in [1.165, 1.54) is 0 Å². The summed E-state index contributed by atoms with van der Waals surface area (Å²) in [4.78, 5) is 29.7. The van der Waals surface area contributed by atoms with Crippen molar-refractivity contribution in [3.05, 3.63) is 100 Å². The van der Waals surface area contributed by atoms with E-state index in [1.54, 1.807) is 36.4 Å². The predicted molar refractivity (Wildman–Crippen MR) is 126 cm³/mol. The number of ether oxygens (including phenoxy) is 1.